The van der Waals surface area contributed by atoms with Crippen molar-refractivity contribution in [1.29, 1.82) is 0 Å². The highest BCUT2D eigenvalue weighted by Gasteiger charge is 2.15. The molecule has 0 aliphatic rings. The first-order valence-corrected chi connectivity index (χ1v) is 10.5. The Morgan fingerprint density at radius 1 is 1.06 bits per heavy atom. The van der Waals surface area contributed by atoms with Gasteiger partial charge in [-0.15, -0.1) is 0 Å². The van der Waals surface area contributed by atoms with E-state index in [1.165, 1.54) is 17.5 Å². The van der Waals surface area contributed by atoms with Crippen molar-refractivity contribution in [2.75, 3.05) is 18.1 Å². The van der Waals surface area contributed by atoms with Crippen LogP contribution in [0.3, 0.4) is 0 Å². The molecule has 9 heteroatoms. The molecule has 0 radical (unpaired) electrons. The Bertz CT molecular complexity index is 1160. The molecule has 0 amide bonds. The quantitative estimate of drug-likeness (QED) is 0.438. The molecule has 2 heterocycles. The van der Waals surface area contributed by atoms with E-state index >= 15 is 0 Å². The standard InChI is InChI=1S/C23H27N9/c1-4-17-7-5-6-8-20(17)27-23-29-21(28-22(24)30-23)13-31(3)16(2)18-9-11-19(12-10-18)32-15-25-14-26-32/h5-12,14-16H,4,13H2,1-3H3,(H3,24,27,28,29,30). The minimum atomic E-state index is 0.148. The zero-order valence-corrected chi connectivity index (χ0v) is 18.5. The number of rotatable bonds is 8. The number of hydrogen-bond donors (Lipinski definition) is 2. The van der Waals surface area contributed by atoms with Crippen molar-refractivity contribution in [1.82, 2.24) is 34.6 Å². The van der Waals surface area contributed by atoms with Crippen LogP contribution < -0.4 is 11.1 Å². The van der Waals surface area contributed by atoms with E-state index in [1.54, 1.807) is 11.0 Å². The first-order valence-electron chi connectivity index (χ1n) is 10.5. The molecule has 0 spiro atoms. The van der Waals surface area contributed by atoms with Crippen LogP contribution in [0.15, 0.2) is 61.2 Å². The van der Waals surface area contributed by atoms with Gasteiger partial charge in [-0.1, -0.05) is 37.3 Å². The number of anilines is 3. The largest absolute Gasteiger partial charge is 0.368 e. The third-order valence-electron chi connectivity index (χ3n) is 5.45. The monoisotopic (exact) mass is 429 g/mol. The maximum Gasteiger partial charge on any atom is 0.232 e. The molecule has 0 saturated heterocycles. The number of nitrogens with two attached hydrogens (primary N) is 1. The summed E-state index contributed by atoms with van der Waals surface area (Å²) in [6, 6.07) is 16.5. The van der Waals surface area contributed by atoms with Crippen molar-refractivity contribution in [3.05, 3.63) is 78.1 Å². The summed E-state index contributed by atoms with van der Waals surface area (Å²) >= 11 is 0. The van der Waals surface area contributed by atoms with Gasteiger partial charge in [-0.3, -0.25) is 4.90 Å². The smallest absolute Gasteiger partial charge is 0.232 e. The Hall–Kier alpha value is -3.85. The molecule has 1 unspecified atom stereocenters. The van der Waals surface area contributed by atoms with Gasteiger partial charge < -0.3 is 11.1 Å². The van der Waals surface area contributed by atoms with Crippen LogP contribution in [0.25, 0.3) is 5.69 Å². The van der Waals surface area contributed by atoms with E-state index in [1.807, 2.05) is 37.4 Å². The Kier molecular flexibility index (Phi) is 6.37. The van der Waals surface area contributed by atoms with E-state index < -0.39 is 0 Å². The molecule has 4 aromatic rings. The van der Waals surface area contributed by atoms with Crippen LogP contribution in [0.5, 0.6) is 0 Å². The van der Waals surface area contributed by atoms with E-state index in [-0.39, 0.29) is 12.0 Å². The molecule has 0 fully saturated rings. The Morgan fingerprint density at radius 2 is 1.84 bits per heavy atom. The first-order chi connectivity index (χ1) is 15.5. The molecule has 9 nitrogen and oxygen atoms in total. The van der Waals surface area contributed by atoms with E-state index in [0.29, 0.717) is 18.3 Å². The molecule has 0 saturated carbocycles. The molecule has 0 bridgehead atoms. The summed E-state index contributed by atoms with van der Waals surface area (Å²) < 4.78 is 1.73. The summed E-state index contributed by atoms with van der Waals surface area (Å²) in [5.41, 5.74) is 10.3. The highest BCUT2D eigenvalue weighted by atomic mass is 15.3. The second kappa shape index (κ2) is 9.52. The lowest BCUT2D eigenvalue weighted by Crippen LogP contribution is -2.24. The van der Waals surface area contributed by atoms with E-state index in [9.17, 15) is 0 Å². The van der Waals surface area contributed by atoms with Crippen molar-refractivity contribution in [2.24, 2.45) is 0 Å². The number of nitrogens with zero attached hydrogens (tertiary/aromatic N) is 7. The number of para-hydroxylation sites is 1. The van der Waals surface area contributed by atoms with Crippen LogP contribution in [-0.2, 0) is 13.0 Å². The van der Waals surface area contributed by atoms with Crippen LogP contribution in [0.4, 0.5) is 17.6 Å². The van der Waals surface area contributed by atoms with Crippen molar-refractivity contribution in [3.63, 3.8) is 0 Å². The average Bonchev–Trinajstić information content (AvgIpc) is 3.34. The lowest BCUT2D eigenvalue weighted by atomic mass is 10.1. The maximum absolute atomic E-state index is 5.98. The van der Waals surface area contributed by atoms with Crippen LogP contribution in [-0.4, -0.2) is 41.7 Å². The zero-order chi connectivity index (χ0) is 22.5. The number of hydrogen-bond acceptors (Lipinski definition) is 8. The minimum Gasteiger partial charge on any atom is -0.368 e. The molecule has 32 heavy (non-hydrogen) atoms. The normalized spacial score (nSPS) is 12.1. The highest BCUT2D eigenvalue weighted by molar-refractivity contribution is 5.58. The van der Waals surface area contributed by atoms with Crippen molar-refractivity contribution in [2.45, 2.75) is 32.9 Å². The van der Waals surface area contributed by atoms with Gasteiger partial charge in [-0.25, -0.2) is 9.67 Å². The minimum absolute atomic E-state index is 0.148. The fourth-order valence-electron chi connectivity index (χ4n) is 3.50. The Labute approximate surface area is 187 Å². The molecular weight excluding hydrogens is 402 g/mol. The molecular formula is C23H27N9. The van der Waals surface area contributed by atoms with Crippen LogP contribution in [0.1, 0.15) is 36.8 Å². The second-order valence-corrected chi connectivity index (χ2v) is 7.59. The lowest BCUT2D eigenvalue weighted by molar-refractivity contribution is 0.247. The van der Waals surface area contributed by atoms with Crippen molar-refractivity contribution in [3.8, 4) is 5.69 Å². The predicted molar refractivity (Wildman–Crippen MR) is 125 cm³/mol. The third kappa shape index (κ3) is 4.89. The average molecular weight is 430 g/mol. The van der Waals surface area contributed by atoms with Gasteiger partial charge in [0.25, 0.3) is 0 Å². The Morgan fingerprint density at radius 3 is 2.56 bits per heavy atom. The zero-order valence-electron chi connectivity index (χ0n) is 18.5. The van der Waals surface area contributed by atoms with E-state index in [4.69, 9.17) is 5.73 Å². The molecule has 164 valence electrons. The number of aromatic nitrogens is 6. The van der Waals surface area contributed by atoms with Crippen LogP contribution in [0, 0.1) is 0 Å². The highest BCUT2D eigenvalue weighted by Crippen LogP contribution is 2.23. The molecule has 2 aromatic carbocycles. The second-order valence-electron chi connectivity index (χ2n) is 7.59. The van der Waals surface area contributed by atoms with Gasteiger partial charge in [-0.2, -0.15) is 20.1 Å². The van der Waals surface area contributed by atoms with Gasteiger partial charge in [-0.05, 0) is 49.7 Å². The number of benzene rings is 2. The summed E-state index contributed by atoms with van der Waals surface area (Å²) in [5.74, 6) is 1.26. The number of nitrogens with one attached hydrogen (secondary N) is 1. The summed E-state index contributed by atoms with van der Waals surface area (Å²) in [6.07, 6.45) is 4.11. The van der Waals surface area contributed by atoms with Gasteiger partial charge in [0.15, 0.2) is 0 Å². The number of aryl methyl sites for hydroxylation is 1. The molecule has 0 aliphatic heterocycles. The molecule has 0 aliphatic carbocycles. The topological polar surface area (TPSA) is 111 Å². The first kappa shape index (κ1) is 21.4. The van der Waals surface area contributed by atoms with Crippen LogP contribution in [0.2, 0.25) is 0 Å². The van der Waals surface area contributed by atoms with E-state index in [0.717, 1.165) is 17.8 Å². The molecule has 4 rings (SSSR count). The predicted octanol–water partition coefficient (Wildman–Crippen LogP) is 3.53. The fraction of sp³-hybridized carbons (Fsp3) is 0.261. The fourth-order valence-corrected chi connectivity index (χ4v) is 3.50. The summed E-state index contributed by atoms with van der Waals surface area (Å²) in [5, 5.41) is 7.45. The van der Waals surface area contributed by atoms with Gasteiger partial charge in [0.05, 0.1) is 12.2 Å². The van der Waals surface area contributed by atoms with Gasteiger partial charge >= 0.3 is 0 Å². The van der Waals surface area contributed by atoms with E-state index in [2.05, 4.69) is 67.3 Å². The SMILES string of the molecule is CCc1ccccc1Nc1nc(N)nc(CN(C)C(C)c2ccc(-n3cncn3)cc2)n1. The van der Waals surface area contributed by atoms with Crippen molar-refractivity contribution >= 4 is 17.6 Å². The molecule has 2 aromatic heterocycles. The molecule has 1 atom stereocenters. The Balaban J connectivity index is 1.47. The van der Waals surface area contributed by atoms with Crippen molar-refractivity contribution < 1.29 is 0 Å². The van der Waals surface area contributed by atoms with Gasteiger partial charge in [0.2, 0.25) is 11.9 Å². The maximum atomic E-state index is 5.98. The number of nitrogen functional groups attached to an aromatic ring is 1. The summed E-state index contributed by atoms with van der Waals surface area (Å²) in [7, 11) is 2.04. The summed E-state index contributed by atoms with van der Waals surface area (Å²) in [4.78, 5) is 19.4. The lowest BCUT2D eigenvalue weighted by Gasteiger charge is -2.24. The van der Waals surface area contributed by atoms with Gasteiger partial charge in [0.1, 0.15) is 18.5 Å². The third-order valence-corrected chi connectivity index (χ3v) is 5.45. The van der Waals surface area contributed by atoms with Gasteiger partial charge in [0, 0.05) is 11.7 Å². The summed E-state index contributed by atoms with van der Waals surface area (Å²) in [6.45, 7) is 4.79. The van der Waals surface area contributed by atoms with Crippen LogP contribution >= 0.6 is 0 Å². The molecule has 3 N–H and O–H groups in total.